The molecule has 1 aromatic heterocycles. The van der Waals surface area contributed by atoms with Gasteiger partial charge in [-0.05, 0) is 65.3 Å². The Hall–Kier alpha value is -2.41. The number of hydrogen-bond donors (Lipinski definition) is 1. The van der Waals surface area contributed by atoms with E-state index >= 15 is 0 Å². The monoisotopic (exact) mass is 381 g/mol. The number of hydrogen-bond acceptors (Lipinski definition) is 4. The lowest BCUT2D eigenvalue weighted by Crippen LogP contribution is -2.29. The molecule has 0 bridgehead atoms. The lowest BCUT2D eigenvalue weighted by molar-refractivity contribution is -0.148. The Bertz CT molecular complexity index is 724. The van der Waals surface area contributed by atoms with Crippen LogP contribution in [-0.4, -0.2) is 18.0 Å². The summed E-state index contributed by atoms with van der Waals surface area (Å²) in [6.07, 6.45) is 1.59. The first-order chi connectivity index (χ1) is 10.9. The van der Waals surface area contributed by atoms with E-state index in [0.29, 0.717) is 16.1 Å². The van der Waals surface area contributed by atoms with Crippen molar-refractivity contribution >= 4 is 39.6 Å². The first-order valence-corrected chi connectivity index (χ1v) is 7.44. The van der Waals surface area contributed by atoms with E-state index in [2.05, 4.69) is 21.2 Å². The third-order valence-electron chi connectivity index (χ3n) is 2.75. The van der Waals surface area contributed by atoms with Gasteiger partial charge in [0, 0.05) is 11.8 Å². The van der Waals surface area contributed by atoms with Crippen LogP contribution in [0.15, 0.2) is 51.6 Å². The van der Waals surface area contributed by atoms with Crippen molar-refractivity contribution < 1.29 is 23.1 Å². The van der Waals surface area contributed by atoms with Crippen molar-refractivity contribution in [3.8, 4) is 0 Å². The van der Waals surface area contributed by atoms with Crippen LogP contribution in [0, 0.1) is 5.82 Å². The van der Waals surface area contributed by atoms with Gasteiger partial charge < -0.3 is 14.5 Å². The normalized spacial score (nSPS) is 12.1. The highest BCUT2D eigenvalue weighted by molar-refractivity contribution is 9.10. The Balaban J connectivity index is 1.86. The molecule has 5 nitrogen and oxygen atoms in total. The number of ether oxygens (including phenoxy) is 1. The SMILES string of the molecule is C[C@H](OC(=O)/C=C/c1ccc(Br)o1)C(=O)Nc1ccc(F)cc1. The molecule has 1 aromatic carbocycles. The number of benzene rings is 1. The van der Waals surface area contributed by atoms with Crippen LogP contribution in [0.1, 0.15) is 12.7 Å². The van der Waals surface area contributed by atoms with Gasteiger partial charge in [0.2, 0.25) is 0 Å². The molecular formula is C16H13BrFNO4. The van der Waals surface area contributed by atoms with Crippen molar-refractivity contribution in [3.63, 3.8) is 0 Å². The van der Waals surface area contributed by atoms with Crippen LogP contribution < -0.4 is 5.32 Å². The summed E-state index contributed by atoms with van der Waals surface area (Å²) in [5, 5.41) is 2.52. The fourth-order valence-corrected chi connectivity index (χ4v) is 1.93. The number of carbonyl (C=O) groups is 2. The fraction of sp³-hybridized carbons (Fsp3) is 0.125. The fourth-order valence-electron chi connectivity index (χ4n) is 1.61. The molecule has 0 aliphatic rings. The Morgan fingerprint density at radius 1 is 1.26 bits per heavy atom. The van der Waals surface area contributed by atoms with Gasteiger partial charge in [0.1, 0.15) is 11.6 Å². The molecule has 0 unspecified atom stereocenters. The topological polar surface area (TPSA) is 68.5 Å². The number of nitrogens with one attached hydrogen (secondary N) is 1. The van der Waals surface area contributed by atoms with Crippen LogP contribution in [0.2, 0.25) is 0 Å². The van der Waals surface area contributed by atoms with Gasteiger partial charge in [-0.1, -0.05) is 0 Å². The van der Waals surface area contributed by atoms with Crippen LogP contribution in [0.25, 0.3) is 6.08 Å². The molecule has 0 saturated heterocycles. The minimum atomic E-state index is -0.999. The van der Waals surface area contributed by atoms with Crippen LogP contribution >= 0.6 is 15.9 Å². The summed E-state index contributed by atoms with van der Waals surface area (Å²) >= 11 is 3.14. The maximum Gasteiger partial charge on any atom is 0.331 e. The summed E-state index contributed by atoms with van der Waals surface area (Å²) in [7, 11) is 0. The predicted octanol–water partition coefficient (Wildman–Crippen LogP) is 3.76. The highest BCUT2D eigenvalue weighted by atomic mass is 79.9. The first kappa shape index (κ1) is 17.0. The number of anilines is 1. The second kappa shape index (κ2) is 7.73. The molecule has 7 heteroatoms. The molecule has 0 fully saturated rings. The number of amides is 1. The number of rotatable bonds is 5. The predicted molar refractivity (Wildman–Crippen MR) is 86.0 cm³/mol. The molecule has 1 atom stereocenters. The van der Waals surface area contributed by atoms with E-state index in [9.17, 15) is 14.0 Å². The quantitative estimate of drug-likeness (QED) is 0.632. The lowest BCUT2D eigenvalue weighted by atomic mass is 10.3. The van der Waals surface area contributed by atoms with Crippen LogP contribution in [-0.2, 0) is 14.3 Å². The van der Waals surface area contributed by atoms with Gasteiger partial charge in [-0.25, -0.2) is 9.18 Å². The van der Waals surface area contributed by atoms with Gasteiger partial charge in [-0.2, -0.15) is 0 Å². The molecule has 2 aromatic rings. The zero-order valence-corrected chi connectivity index (χ0v) is 13.7. The molecule has 1 N–H and O–H groups in total. The summed E-state index contributed by atoms with van der Waals surface area (Å²) in [6.45, 7) is 1.44. The Morgan fingerprint density at radius 3 is 2.57 bits per heavy atom. The zero-order chi connectivity index (χ0) is 16.8. The highest BCUT2D eigenvalue weighted by Gasteiger charge is 2.16. The van der Waals surface area contributed by atoms with E-state index < -0.39 is 23.8 Å². The molecule has 0 saturated carbocycles. The van der Waals surface area contributed by atoms with Crippen LogP contribution in [0.3, 0.4) is 0 Å². The molecule has 2 rings (SSSR count). The number of carbonyl (C=O) groups excluding carboxylic acids is 2. The van der Waals surface area contributed by atoms with Gasteiger partial charge in [0.15, 0.2) is 10.8 Å². The Kier molecular flexibility index (Phi) is 5.70. The maximum absolute atomic E-state index is 12.8. The van der Waals surface area contributed by atoms with E-state index in [4.69, 9.17) is 9.15 Å². The second-order valence-corrected chi connectivity index (χ2v) is 5.33. The van der Waals surface area contributed by atoms with E-state index in [-0.39, 0.29) is 0 Å². The third kappa shape index (κ3) is 5.37. The van der Waals surface area contributed by atoms with Gasteiger partial charge in [-0.15, -0.1) is 0 Å². The van der Waals surface area contributed by atoms with Crippen molar-refractivity contribution in [2.45, 2.75) is 13.0 Å². The molecule has 1 amide bonds. The number of furan rings is 1. The minimum Gasteiger partial charge on any atom is -0.450 e. The average Bonchev–Trinajstić information content (AvgIpc) is 2.93. The summed E-state index contributed by atoms with van der Waals surface area (Å²) in [4.78, 5) is 23.5. The molecule has 0 spiro atoms. The first-order valence-electron chi connectivity index (χ1n) is 6.64. The van der Waals surface area contributed by atoms with Crippen molar-refractivity contribution in [2.24, 2.45) is 0 Å². The molecule has 1 heterocycles. The highest BCUT2D eigenvalue weighted by Crippen LogP contribution is 2.15. The molecule has 0 radical (unpaired) electrons. The standard InChI is InChI=1S/C16H13BrFNO4/c1-10(16(21)19-12-4-2-11(18)3-5-12)22-15(20)9-7-13-6-8-14(17)23-13/h2-10H,1H3,(H,19,21)/b9-7+/t10-/m0/s1. The summed E-state index contributed by atoms with van der Waals surface area (Å²) < 4.78 is 23.5. The Morgan fingerprint density at radius 2 is 1.96 bits per heavy atom. The number of halogens is 2. The van der Waals surface area contributed by atoms with Gasteiger partial charge in [0.25, 0.3) is 5.91 Å². The maximum atomic E-state index is 12.8. The van der Waals surface area contributed by atoms with Crippen molar-refractivity contribution in [1.82, 2.24) is 0 Å². The molecule has 23 heavy (non-hydrogen) atoms. The second-order valence-electron chi connectivity index (χ2n) is 4.55. The van der Waals surface area contributed by atoms with Crippen molar-refractivity contribution in [2.75, 3.05) is 5.32 Å². The van der Waals surface area contributed by atoms with Gasteiger partial charge in [0.05, 0.1) is 0 Å². The van der Waals surface area contributed by atoms with E-state index in [1.807, 2.05) is 0 Å². The summed E-state index contributed by atoms with van der Waals surface area (Å²) in [5.41, 5.74) is 0.412. The smallest absolute Gasteiger partial charge is 0.331 e. The van der Waals surface area contributed by atoms with Gasteiger partial charge in [-0.3, -0.25) is 4.79 Å². The van der Waals surface area contributed by atoms with Crippen molar-refractivity contribution in [3.05, 3.63) is 58.7 Å². The average molecular weight is 382 g/mol. The van der Waals surface area contributed by atoms with E-state index in [0.717, 1.165) is 6.08 Å². The molecule has 120 valence electrons. The molecular weight excluding hydrogens is 369 g/mol. The lowest BCUT2D eigenvalue weighted by Gasteiger charge is -2.12. The molecule has 0 aliphatic heterocycles. The van der Waals surface area contributed by atoms with E-state index in [1.165, 1.54) is 37.3 Å². The summed E-state index contributed by atoms with van der Waals surface area (Å²) in [5.74, 6) is -1.13. The summed E-state index contributed by atoms with van der Waals surface area (Å²) in [6, 6.07) is 8.61. The van der Waals surface area contributed by atoms with Crippen LogP contribution in [0.4, 0.5) is 10.1 Å². The zero-order valence-electron chi connectivity index (χ0n) is 12.1. The van der Waals surface area contributed by atoms with E-state index in [1.54, 1.807) is 12.1 Å². The van der Waals surface area contributed by atoms with Crippen molar-refractivity contribution in [1.29, 1.82) is 0 Å². The Labute approximate surface area is 140 Å². The third-order valence-corrected chi connectivity index (χ3v) is 3.18. The molecule has 0 aliphatic carbocycles. The largest absolute Gasteiger partial charge is 0.450 e. The van der Waals surface area contributed by atoms with Gasteiger partial charge >= 0.3 is 5.97 Å². The van der Waals surface area contributed by atoms with Crippen LogP contribution in [0.5, 0.6) is 0 Å². The minimum absolute atomic E-state index is 0.405. The number of esters is 1.